The lowest BCUT2D eigenvalue weighted by Gasteiger charge is -2.04. The van der Waals surface area contributed by atoms with Gasteiger partial charge >= 0.3 is 5.97 Å². The third-order valence-electron chi connectivity index (χ3n) is 4.02. The lowest BCUT2D eigenvalue weighted by Crippen LogP contribution is -2.05. The van der Waals surface area contributed by atoms with Gasteiger partial charge in [0.2, 0.25) is 0 Å². The monoisotopic (exact) mass is 366 g/mol. The highest BCUT2D eigenvalue weighted by Crippen LogP contribution is 2.27. The van der Waals surface area contributed by atoms with Gasteiger partial charge in [-0.15, -0.1) is 0 Å². The van der Waals surface area contributed by atoms with Gasteiger partial charge in [-0.05, 0) is 38.0 Å². The number of ether oxygens (including phenoxy) is 1. The Morgan fingerprint density at radius 1 is 1.31 bits per heavy atom. The molecule has 5 nitrogen and oxygen atoms in total. The maximum Gasteiger partial charge on any atom is 0.338 e. The van der Waals surface area contributed by atoms with Gasteiger partial charge in [-0.3, -0.25) is 4.21 Å². The molecule has 0 spiro atoms. The molecule has 6 heteroatoms. The molecular weight excluding hydrogens is 348 g/mol. The van der Waals surface area contributed by atoms with Crippen molar-refractivity contribution in [2.24, 2.45) is 0 Å². The second-order valence-corrected chi connectivity index (χ2v) is 7.08. The Hall–Kier alpha value is -2.78. The summed E-state index contributed by atoms with van der Waals surface area (Å²) in [7, 11) is -1.16. The van der Waals surface area contributed by atoms with Gasteiger partial charge in [0.05, 0.1) is 28.7 Å². The second-order valence-electron chi connectivity index (χ2n) is 5.78. The summed E-state index contributed by atoms with van der Waals surface area (Å²) in [6.07, 6.45) is 5.61. The van der Waals surface area contributed by atoms with Crippen LogP contribution in [0, 0.1) is 18.8 Å². The van der Waals surface area contributed by atoms with Crippen LogP contribution in [0.3, 0.4) is 0 Å². The summed E-state index contributed by atoms with van der Waals surface area (Å²) in [5.74, 6) is 5.89. The summed E-state index contributed by atoms with van der Waals surface area (Å²) >= 11 is 0. The molecule has 1 aromatic heterocycles. The quantitative estimate of drug-likeness (QED) is 0.475. The molecule has 26 heavy (non-hydrogen) atoms. The first kappa shape index (κ1) is 18.0. The number of esters is 1. The molecule has 1 aliphatic carbocycles. The van der Waals surface area contributed by atoms with Crippen LogP contribution in [-0.4, -0.2) is 33.0 Å². The molecule has 1 aliphatic rings. The Balaban J connectivity index is 1.93. The van der Waals surface area contributed by atoms with E-state index in [1.165, 1.54) is 6.33 Å². The molecule has 0 amide bonds. The molecule has 0 radical (unpaired) electrons. The number of carbonyl (C=O) groups is 1. The van der Waals surface area contributed by atoms with Crippen molar-refractivity contribution in [3.63, 3.8) is 0 Å². The van der Waals surface area contributed by atoms with Crippen molar-refractivity contribution >= 4 is 22.3 Å². The number of rotatable bonds is 3. The molecule has 1 unspecified atom stereocenters. The van der Waals surface area contributed by atoms with E-state index in [1.54, 1.807) is 25.3 Å². The summed E-state index contributed by atoms with van der Waals surface area (Å²) < 4.78 is 16.8. The summed E-state index contributed by atoms with van der Waals surface area (Å²) in [6.45, 7) is 4.05. The van der Waals surface area contributed by atoms with Crippen LogP contribution in [0.1, 0.15) is 39.7 Å². The zero-order valence-corrected chi connectivity index (χ0v) is 15.6. The fraction of sp³-hybridized carbons (Fsp3) is 0.250. The number of nitrogens with zero attached hydrogens (tertiary/aromatic N) is 2. The van der Waals surface area contributed by atoms with Gasteiger partial charge in [-0.25, -0.2) is 14.8 Å². The number of allylic oxidation sites excluding steroid dienone is 2. The van der Waals surface area contributed by atoms with E-state index in [0.717, 1.165) is 28.0 Å². The standard InChI is InChI=1S/C20H18N2O3S/c1-4-25-20(23)16-6-5-13(2)15(11-16)8-7-14-9-10-17-18(14)21-12-22-19(17)26(3)24/h5-6,9,11-12H,4,10H2,1-3H3. The van der Waals surface area contributed by atoms with Crippen LogP contribution < -0.4 is 0 Å². The largest absolute Gasteiger partial charge is 0.462 e. The number of hydrogen-bond donors (Lipinski definition) is 0. The highest BCUT2D eigenvalue weighted by molar-refractivity contribution is 7.84. The van der Waals surface area contributed by atoms with Crippen molar-refractivity contribution in [1.82, 2.24) is 9.97 Å². The maximum atomic E-state index is 11.9. The van der Waals surface area contributed by atoms with Gasteiger partial charge in [-0.2, -0.15) is 0 Å². The third-order valence-corrected chi connectivity index (χ3v) is 4.92. The number of hydrogen-bond acceptors (Lipinski definition) is 5. The molecule has 0 fully saturated rings. The van der Waals surface area contributed by atoms with Gasteiger partial charge in [0.15, 0.2) is 0 Å². The van der Waals surface area contributed by atoms with Crippen molar-refractivity contribution in [2.45, 2.75) is 25.3 Å². The fourth-order valence-corrected chi connectivity index (χ4v) is 3.43. The number of fused-ring (bicyclic) bond motifs is 1. The second kappa shape index (κ2) is 7.63. The minimum Gasteiger partial charge on any atom is -0.462 e. The highest BCUT2D eigenvalue weighted by Gasteiger charge is 2.20. The van der Waals surface area contributed by atoms with Gasteiger partial charge in [0, 0.05) is 23.0 Å². The molecule has 1 atom stereocenters. The smallest absolute Gasteiger partial charge is 0.338 e. The van der Waals surface area contributed by atoms with Crippen LogP contribution in [0.15, 0.2) is 35.6 Å². The molecule has 132 valence electrons. The average Bonchev–Trinajstić information content (AvgIpc) is 3.04. The molecule has 0 N–H and O–H groups in total. The van der Waals surface area contributed by atoms with E-state index in [4.69, 9.17) is 4.74 Å². The third kappa shape index (κ3) is 3.58. The van der Waals surface area contributed by atoms with Crippen LogP contribution >= 0.6 is 0 Å². The lowest BCUT2D eigenvalue weighted by atomic mass is 10.0. The van der Waals surface area contributed by atoms with E-state index in [2.05, 4.69) is 21.8 Å². The van der Waals surface area contributed by atoms with Crippen molar-refractivity contribution in [3.8, 4) is 11.8 Å². The summed E-state index contributed by atoms with van der Waals surface area (Å²) in [5.41, 5.74) is 4.61. The van der Waals surface area contributed by atoms with Crippen LogP contribution in [-0.2, 0) is 22.0 Å². The van der Waals surface area contributed by atoms with E-state index >= 15 is 0 Å². The summed E-state index contributed by atoms with van der Waals surface area (Å²) in [5, 5.41) is 0.559. The molecular formula is C20H18N2O3S. The predicted molar refractivity (Wildman–Crippen MR) is 100 cm³/mol. The van der Waals surface area contributed by atoms with E-state index in [9.17, 15) is 9.00 Å². The summed E-state index contributed by atoms with van der Waals surface area (Å²) in [6, 6.07) is 5.33. The van der Waals surface area contributed by atoms with E-state index < -0.39 is 10.8 Å². The Labute approximate surface area is 155 Å². The van der Waals surface area contributed by atoms with E-state index in [0.29, 0.717) is 23.6 Å². The van der Waals surface area contributed by atoms with Crippen molar-refractivity contribution in [1.29, 1.82) is 0 Å². The number of carbonyl (C=O) groups excluding carboxylic acids is 1. The Kier molecular flexibility index (Phi) is 5.29. The molecule has 1 aromatic carbocycles. The molecule has 3 rings (SSSR count). The average molecular weight is 366 g/mol. The lowest BCUT2D eigenvalue weighted by molar-refractivity contribution is 0.0526. The Bertz CT molecular complexity index is 1000. The minimum atomic E-state index is -1.16. The molecule has 0 bridgehead atoms. The first-order valence-electron chi connectivity index (χ1n) is 8.19. The van der Waals surface area contributed by atoms with Crippen molar-refractivity contribution < 1.29 is 13.7 Å². The molecule has 1 heterocycles. The van der Waals surface area contributed by atoms with Gasteiger partial charge in [-0.1, -0.05) is 24.0 Å². The first-order chi connectivity index (χ1) is 12.5. The minimum absolute atomic E-state index is 0.332. The highest BCUT2D eigenvalue weighted by atomic mass is 32.2. The van der Waals surface area contributed by atoms with Crippen molar-refractivity contribution in [2.75, 3.05) is 12.9 Å². The number of benzene rings is 1. The molecule has 0 aliphatic heterocycles. The number of aryl methyl sites for hydroxylation is 1. The van der Waals surface area contributed by atoms with Crippen LogP contribution in [0.5, 0.6) is 0 Å². The van der Waals surface area contributed by atoms with E-state index in [1.807, 2.05) is 19.1 Å². The fourth-order valence-electron chi connectivity index (χ4n) is 2.70. The van der Waals surface area contributed by atoms with Crippen LogP contribution in [0.4, 0.5) is 0 Å². The molecule has 0 saturated heterocycles. The molecule has 0 saturated carbocycles. The SMILES string of the molecule is CCOC(=O)c1ccc(C)c(C#CC2=CCc3c2ncnc3S(C)=O)c1. The van der Waals surface area contributed by atoms with Crippen molar-refractivity contribution in [3.05, 3.63) is 58.6 Å². The number of aromatic nitrogens is 2. The van der Waals surface area contributed by atoms with E-state index in [-0.39, 0.29) is 5.97 Å². The Morgan fingerprint density at radius 3 is 2.85 bits per heavy atom. The topological polar surface area (TPSA) is 69.2 Å². The Morgan fingerprint density at radius 2 is 2.12 bits per heavy atom. The zero-order valence-electron chi connectivity index (χ0n) is 14.8. The zero-order chi connectivity index (χ0) is 18.7. The first-order valence-corrected chi connectivity index (χ1v) is 9.74. The predicted octanol–water partition coefficient (Wildman–Crippen LogP) is 2.69. The van der Waals surface area contributed by atoms with Crippen LogP contribution in [0.2, 0.25) is 0 Å². The van der Waals surface area contributed by atoms with Crippen LogP contribution in [0.25, 0.3) is 5.57 Å². The maximum absolute atomic E-state index is 11.9. The van der Waals surface area contributed by atoms with Gasteiger partial charge in [0.1, 0.15) is 11.4 Å². The van der Waals surface area contributed by atoms with Gasteiger partial charge in [0.25, 0.3) is 0 Å². The normalized spacial score (nSPS) is 13.3. The molecule has 2 aromatic rings. The summed E-state index contributed by atoms with van der Waals surface area (Å²) in [4.78, 5) is 20.3. The van der Waals surface area contributed by atoms with Gasteiger partial charge < -0.3 is 4.74 Å².